The Labute approximate surface area is 102 Å². The number of hydrogen-bond donors (Lipinski definition) is 0. The molecule has 0 aromatic heterocycles. The van der Waals surface area contributed by atoms with Crippen LogP contribution in [0.4, 0.5) is 0 Å². The summed E-state index contributed by atoms with van der Waals surface area (Å²) < 4.78 is 6.07. The van der Waals surface area contributed by atoms with Crippen molar-refractivity contribution in [1.29, 1.82) is 0 Å². The van der Waals surface area contributed by atoms with Gasteiger partial charge in [-0.3, -0.25) is 0 Å². The van der Waals surface area contributed by atoms with Gasteiger partial charge >= 0.3 is 0 Å². The highest BCUT2D eigenvalue weighted by molar-refractivity contribution is 6.74. The summed E-state index contributed by atoms with van der Waals surface area (Å²) in [5.41, 5.74) is 0. The first-order chi connectivity index (χ1) is 7.31. The molecule has 0 saturated heterocycles. The van der Waals surface area contributed by atoms with Gasteiger partial charge in [0.2, 0.25) is 0 Å². The summed E-state index contributed by atoms with van der Waals surface area (Å²) in [6, 6.07) is 0. The van der Waals surface area contributed by atoms with Crippen LogP contribution in [0.1, 0.15) is 40.0 Å². The molecular weight excluding hydrogens is 212 g/mol. The van der Waals surface area contributed by atoms with Crippen LogP contribution in [0, 0.1) is 12.3 Å². The molecule has 0 aliphatic carbocycles. The normalized spacial score (nSPS) is 13.0. The van der Waals surface area contributed by atoms with E-state index in [1.165, 1.54) is 0 Å². The van der Waals surface area contributed by atoms with E-state index in [0.717, 1.165) is 25.9 Å². The molecule has 16 heavy (non-hydrogen) atoms. The molecule has 0 N–H and O–H groups in total. The van der Waals surface area contributed by atoms with Gasteiger partial charge in [0, 0.05) is 6.61 Å². The largest absolute Gasteiger partial charge is 0.417 e. The second-order valence-corrected chi connectivity index (χ2v) is 10.5. The fourth-order valence-electron chi connectivity index (χ4n) is 1.06. The SMILES string of the molecule is C#C/C=C/CCCCO[Si](C)(C)C(C)(C)C. The third-order valence-corrected chi connectivity index (χ3v) is 7.79. The fourth-order valence-corrected chi connectivity index (χ4v) is 2.15. The van der Waals surface area contributed by atoms with Crippen molar-refractivity contribution < 1.29 is 4.43 Å². The summed E-state index contributed by atoms with van der Waals surface area (Å²) >= 11 is 0. The molecule has 0 saturated carbocycles. The maximum absolute atomic E-state index is 6.07. The summed E-state index contributed by atoms with van der Waals surface area (Å²) in [5, 5.41) is 0.316. The molecule has 0 rings (SSSR count). The molecule has 0 aromatic carbocycles. The van der Waals surface area contributed by atoms with E-state index in [4.69, 9.17) is 10.8 Å². The molecule has 0 radical (unpaired) electrons. The Bertz CT molecular complexity index is 253. The van der Waals surface area contributed by atoms with Crippen molar-refractivity contribution in [3.8, 4) is 12.3 Å². The molecular formula is C14H26OSi. The number of unbranched alkanes of at least 4 members (excludes halogenated alkanes) is 2. The lowest BCUT2D eigenvalue weighted by Crippen LogP contribution is -2.40. The van der Waals surface area contributed by atoms with E-state index in [2.05, 4.69) is 39.8 Å². The molecule has 0 bridgehead atoms. The van der Waals surface area contributed by atoms with Crippen molar-refractivity contribution in [3.05, 3.63) is 12.2 Å². The Balaban J connectivity index is 3.68. The zero-order valence-electron chi connectivity index (χ0n) is 11.5. The zero-order valence-corrected chi connectivity index (χ0v) is 12.5. The highest BCUT2D eigenvalue weighted by atomic mass is 28.4. The van der Waals surface area contributed by atoms with Crippen molar-refractivity contribution in [1.82, 2.24) is 0 Å². The standard InChI is InChI=1S/C14H26OSi/c1-7-8-9-10-11-12-13-15-16(5,6)14(2,3)4/h1,8-9H,10-13H2,2-6H3/b9-8+. The average Bonchev–Trinajstić information content (AvgIpc) is 2.14. The second-order valence-electron chi connectivity index (χ2n) is 5.67. The number of allylic oxidation sites excluding steroid dienone is 2. The van der Waals surface area contributed by atoms with E-state index in [1.54, 1.807) is 6.08 Å². The Kier molecular flexibility index (Phi) is 6.70. The second kappa shape index (κ2) is 6.93. The van der Waals surface area contributed by atoms with Crippen molar-refractivity contribution >= 4 is 8.32 Å². The monoisotopic (exact) mass is 238 g/mol. The molecule has 0 aromatic rings. The van der Waals surface area contributed by atoms with Crippen molar-refractivity contribution in [2.75, 3.05) is 6.61 Å². The van der Waals surface area contributed by atoms with Crippen molar-refractivity contribution in [2.24, 2.45) is 0 Å². The molecule has 0 heterocycles. The Morgan fingerprint density at radius 3 is 2.38 bits per heavy atom. The van der Waals surface area contributed by atoms with Gasteiger partial charge in [-0.05, 0) is 43.5 Å². The lowest BCUT2D eigenvalue weighted by Gasteiger charge is -2.36. The first-order valence-electron chi connectivity index (χ1n) is 6.06. The van der Waals surface area contributed by atoms with Crippen LogP contribution in [-0.4, -0.2) is 14.9 Å². The van der Waals surface area contributed by atoms with E-state index in [0.29, 0.717) is 5.04 Å². The van der Waals surface area contributed by atoms with Gasteiger partial charge in [-0.1, -0.05) is 32.8 Å². The third kappa shape index (κ3) is 6.15. The highest BCUT2D eigenvalue weighted by Gasteiger charge is 2.36. The molecule has 0 atom stereocenters. The first-order valence-corrected chi connectivity index (χ1v) is 8.97. The smallest absolute Gasteiger partial charge is 0.191 e. The molecule has 1 nitrogen and oxygen atoms in total. The summed E-state index contributed by atoms with van der Waals surface area (Å²) in [7, 11) is -1.53. The molecule has 0 aliphatic heterocycles. The third-order valence-electron chi connectivity index (χ3n) is 3.25. The van der Waals surface area contributed by atoms with E-state index < -0.39 is 8.32 Å². The molecule has 0 spiro atoms. The molecule has 0 fully saturated rings. The maximum Gasteiger partial charge on any atom is 0.191 e. The quantitative estimate of drug-likeness (QED) is 0.379. The minimum atomic E-state index is -1.53. The van der Waals surface area contributed by atoms with E-state index in [-0.39, 0.29) is 0 Å². The Morgan fingerprint density at radius 1 is 1.25 bits per heavy atom. The number of hydrogen-bond acceptors (Lipinski definition) is 1. The average molecular weight is 238 g/mol. The lowest BCUT2D eigenvalue weighted by molar-refractivity contribution is 0.279. The summed E-state index contributed by atoms with van der Waals surface area (Å²) in [4.78, 5) is 0. The Hall–Kier alpha value is -0.523. The van der Waals surface area contributed by atoms with Crippen molar-refractivity contribution in [2.45, 2.75) is 58.2 Å². The number of terminal acetylenes is 1. The minimum absolute atomic E-state index is 0.316. The van der Waals surface area contributed by atoms with Crippen LogP contribution in [0.15, 0.2) is 12.2 Å². The summed E-state index contributed by atoms with van der Waals surface area (Å²) in [6.45, 7) is 12.3. The van der Waals surface area contributed by atoms with Gasteiger partial charge < -0.3 is 4.43 Å². The van der Waals surface area contributed by atoms with Crippen LogP contribution < -0.4 is 0 Å². The summed E-state index contributed by atoms with van der Waals surface area (Å²) in [6.07, 6.45) is 12.3. The topological polar surface area (TPSA) is 9.23 Å². The van der Waals surface area contributed by atoms with Gasteiger partial charge in [-0.25, -0.2) is 0 Å². The van der Waals surface area contributed by atoms with Crippen LogP contribution >= 0.6 is 0 Å². The fraction of sp³-hybridized carbons (Fsp3) is 0.714. The zero-order chi connectivity index (χ0) is 12.7. The minimum Gasteiger partial charge on any atom is -0.417 e. The van der Waals surface area contributed by atoms with E-state index in [9.17, 15) is 0 Å². The lowest BCUT2D eigenvalue weighted by atomic mass is 10.2. The van der Waals surface area contributed by atoms with Crippen LogP contribution in [-0.2, 0) is 4.43 Å². The predicted molar refractivity (Wildman–Crippen MR) is 75.0 cm³/mol. The first kappa shape index (κ1) is 15.5. The molecule has 2 heteroatoms. The van der Waals surface area contributed by atoms with Crippen molar-refractivity contribution in [3.63, 3.8) is 0 Å². The van der Waals surface area contributed by atoms with Crippen LogP contribution in [0.3, 0.4) is 0 Å². The molecule has 0 amide bonds. The van der Waals surface area contributed by atoms with Gasteiger partial charge in [0.05, 0.1) is 0 Å². The molecule has 0 aliphatic rings. The molecule has 92 valence electrons. The van der Waals surface area contributed by atoms with Crippen LogP contribution in [0.25, 0.3) is 0 Å². The number of rotatable bonds is 6. The van der Waals surface area contributed by atoms with Gasteiger partial charge in [0.25, 0.3) is 0 Å². The van der Waals surface area contributed by atoms with Gasteiger partial charge in [-0.15, -0.1) is 6.42 Å². The Morgan fingerprint density at radius 2 is 1.88 bits per heavy atom. The van der Waals surface area contributed by atoms with Gasteiger partial charge in [-0.2, -0.15) is 0 Å². The maximum atomic E-state index is 6.07. The van der Waals surface area contributed by atoms with Crippen LogP contribution in [0.5, 0.6) is 0 Å². The van der Waals surface area contributed by atoms with Crippen LogP contribution in [0.2, 0.25) is 18.1 Å². The molecule has 0 unspecified atom stereocenters. The van der Waals surface area contributed by atoms with Gasteiger partial charge in [0.15, 0.2) is 8.32 Å². The van der Waals surface area contributed by atoms with Gasteiger partial charge in [0.1, 0.15) is 0 Å². The van der Waals surface area contributed by atoms with E-state index >= 15 is 0 Å². The van der Waals surface area contributed by atoms with E-state index in [1.807, 2.05) is 6.08 Å². The summed E-state index contributed by atoms with van der Waals surface area (Å²) in [5.74, 6) is 2.50. The predicted octanol–water partition coefficient (Wildman–Crippen LogP) is 4.37. The highest BCUT2D eigenvalue weighted by Crippen LogP contribution is 2.36.